The molecule has 0 atom stereocenters. The Balaban J connectivity index is 1.56. The second kappa shape index (κ2) is 8.75. The molecule has 2 heterocycles. The molecule has 0 aliphatic carbocycles. The molecule has 0 saturated carbocycles. The number of carbonyl (C=O) groups is 1. The molecule has 1 N–H and O–H groups in total. The molecular formula is C21H22N4OS2. The summed E-state index contributed by atoms with van der Waals surface area (Å²) in [7, 11) is 0. The average molecular weight is 411 g/mol. The number of aromatic nitrogens is 2. The molecule has 0 spiro atoms. The van der Waals surface area contributed by atoms with Gasteiger partial charge in [0.2, 0.25) is 11.0 Å². The Morgan fingerprint density at radius 2 is 1.71 bits per heavy atom. The molecule has 1 aliphatic rings. The molecule has 5 nitrogen and oxygen atoms in total. The monoisotopic (exact) mass is 410 g/mol. The first kappa shape index (κ1) is 19.0. The molecule has 1 aromatic heterocycles. The Kier molecular flexibility index (Phi) is 5.92. The van der Waals surface area contributed by atoms with E-state index in [1.165, 1.54) is 34.2 Å². The van der Waals surface area contributed by atoms with Crippen molar-refractivity contribution < 1.29 is 4.79 Å². The maximum atomic E-state index is 13.3. The standard InChI is InChI=1S/C21H22N4OS2/c1-2-13-22-20-23-24-21(28-20)27-14-19(26)25-17-9-5-3-7-15(17)11-12-16-8-4-6-10-18(16)25/h3-10H,2,11-14H2,1H3,(H,22,23). The summed E-state index contributed by atoms with van der Waals surface area (Å²) in [4.78, 5) is 15.2. The topological polar surface area (TPSA) is 58.1 Å². The molecule has 7 heteroatoms. The number of nitrogens with one attached hydrogen (secondary N) is 1. The second-order valence-electron chi connectivity index (χ2n) is 6.58. The van der Waals surface area contributed by atoms with Gasteiger partial charge in [0.25, 0.3) is 0 Å². The molecule has 0 bridgehead atoms. The molecule has 0 unspecified atom stereocenters. The van der Waals surface area contributed by atoms with Gasteiger partial charge in [-0.25, -0.2) is 0 Å². The van der Waals surface area contributed by atoms with E-state index < -0.39 is 0 Å². The minimum absolute atomic E-state index is 0.0602. The Morgan fingerprint density at radius 1 is 1.07 bits per heavy atom. The summed E-state index contributed by atoms with van der Waals surface area (Å²) >= 11 is 2.94. The van der Waals surface area contributed by atoms with Crippen LogP contribution >= 0.6 is 23.1 Å². The van der Waals surface area contributed by atoms with Crippen molar-refractivity contribution in [2.45, 2.75) is 30.5 Å². The van der Waals surface area contributed by atoms with Gasteiger partial charge >= 0.3 is 0 Å². The number of anilines is 3. The summed E-state index contributed by atoms with van der Waals surface area (Å²) in [5.74, 6) is 0.385. The summed E-state index contributed by atoms with van der Waals surface area (Å²) in [6, 6.07) is 16.4. The van der Waals surface area contributed by atoms with Crippen LogP contribution in [0.2, 0.25) is 0 Å². The van der Waals surface area contributed by atoms with Gasteiger partial charge in [0.1, 0.15) is 0 Å². The molecule has 1 aliphatic heterocycles. The lowest BCUT2D eigenvalue weighted by atomic mass is 10.0. The predicted molar refractivity (Wildman–Crippen MR) is 117 cm³/mol. The van der Waals surface area contributed by atoms with Crippen molar-refractivity contribution in [2.24, 2.45) is 0 Å². The number of amides is 1. The highest BCUT2D eigenvalue weighted by Gasteiger charge is 2.25. The van der Waals surface area contributed by atoms with E-state index in [-0.39, 0.29) is 5.91 Å². The average Bonchev–Trinajstić information content (AvgIpc) is 3.11. The van der Waals surface area contributed by atoms with Crippen LogP contribution in [0.15, 0.2) is 52.9 Å². The second-order valence-corrected chi connectivity index (χ2v) is 8.78. The zero-order valence-electron chi connectivity index (χ0n) is 15.7. The van der Waals surface area contributed by atoms with E-state index >= 15 is 0 Å². The van der Waals surface area contributed by atoms with Crippen molar-refractivity contribution in [1.82, 2.24) is 10.2 Å². The third-order valence-corrected chi connectivity index (χ3v) is 6.63. The van der Waals surface area contributed by atoms with E-state index in [1.807, 2.05) is 41.3 Å². The Morgan fingerprint density at radius 3 is 2.36 bits per heavy atom. The number of carbonyl (C=O) groups excluding carboxylic acids is 1. The van der Waals surface area contributed by atoms with E-state index in [0.717, 1.165) is 46.7 Å². The Hall–Kier alpha value is -2.38. The molecule has 4 rings (SSSR count). The van der Waals surface area contributed by atoms with Gasteiger partial charge in [-0.2, -0.15) is 0 Å². The van der Waals surface area contributed by atoms with Crippen LogP contribution in [0.25, 0.3) is 0 Å². The van der Waals surface area contributed by atoms with Crippen LogP contribution in [0.5, 0.6) is 0 Å². The summed E-state index contributed by atoms with van der Waals surface area (Å²) in [5.41, 5.74) is 4.39. The largest absolute Gasteiger partial charge is 0.360 e. The van der Waals surface area contributed by atoms with E-state index in [0.29, 0.717) is 5.75 Å². The van der Waals surface area contributed by atoms with E-state index in [4.69, 9.17) is 0 Å². The smallest absolute Gasteiger partial charge is 0.242 e. The highest BCUT2D eigenvalue weighted by molar-refractivity contribution is 8.01. The van der Waals surface area contributed by atoms with Gasteiger partial charge in [-0.15, -0.1) is 10.2 Å². The maximum Gasteiger partial charge on any atom is 0.242 e. The van der Waals surface area contributed by atoms with E-state index in [1.54, 1.807) is 0 Å². The highest BCUT2D eigenvalue weighted by Crippen LogP contribution is 2.37. The number of fused-ring (bicyclic) bond motifs is 2. The fourth-order valence-electron chi connectivity index (χ4n) is 3.31. The molecule has 1 amide bonds. The first-order valence-electron chi connectivity index (χ1n) is 9.45. The quantitative estimate of drug-likeness (QED) is 0.585. The van der Waals surface area contributed by atoms with Gasteiger partial charge < -0.3 is 5.32 Å². The third-order valence-electron chi connectivity index (χ3n) is 4.63. The lowest BCUT2D eigenvalue weighted by Gasteiger charge is -2.24. The van der Waals surface area contributed by atoms with Gasteiger partial charge in [0.15, 0.2) is 4.34 Å². The van der Waals surface area contributed by atoms with Crippen molar-refractivity contribution in [2.75, 3.05) is 22.5 Å². The highest BCUT2D eigenvalue weighted by atomic mass is 32.2. The van der Waals surface area contributed by atoms with Crippen molar-refractivity contribution >= 4 is 45.5 Å². The summed E-state index contributed by atoms with van der Waals surface area (Å²) < 4.78 is 0.809. The summed E-state index contributed by atoms with van der Waals surface area (Å²) in [6.45, 7) is 2.98. The van der Waals surface area contributed by atoms with Crippen LogP contribution < -0.4 is 10.2 Å². The van der Waals surface area contributed by atoms with Gasteiger partial charge in [0, 0.05) is 6.54 Å². The van der Waals surface area contributed by atoms with Crippen LogP contribution in [0, 0.1) is 0 Å². The molecule has 2 aromatic carbocycles. The maximum absolute atomic E-state index is 13.3. The molecule has 28 heavy (non-hydrogen) atoms. The van der Waals surface area contributed by atoms with Gasteiger partial charge in [-0.3, -0.25) is 9.69 Å². The molecule has 0 radical (unpaired) electrons. The zero-order chi connectivity index (χ0) is 19.3. The molecule has 144 valence electrons. The lowest BCUT2D eigenvalue weighted by Crippen LogP contribution is -2.28. The number of hydrogen-bond acceptors (Lipinski definition) is 6. The van der Waals surface area contributed by atoms with Crippen LogP contribution in [0.4, 0.5) is 16.5 Å². The fraction of sp³-hybridized carbons (Fsp3) is 0.286. The number of aryl methyl sites for hydroxylation is 2. The van der Waals surface area contributed by atoms with Crippen LogP contribution in [-0.4, -0.2) is 28.4 Å². The lowest BCUT2D eigenvalue weighted by molar-refractivity contribution is -0.115. The first-order chi connectivity index (χ1) is 13.8. The first-order valence-corrected chi connectivity index (χ1v) is 11.3. The van der Waals surface area contributed by atoms with Gasteiger partial charge in [-0.1, -0.05) is 66.4 Å². The molecular weight excluding hydrogens is 388 g/mol. The summed E-state index contributed by atoms with van der Waals surface area (Å²) in [6.07, 6.45) is 2.91. The molecule has 3 aromatic rings. The van der Waals surface area contributed by atoms with Crippen molar-refractivity contribution in [3.05, 3.63) is 59.7 Å². The van der Waals surface area contributed by atoms with E-state index in [9.17, 15) is 4.79 Å². The number of nitrogens with zero attached hydrogens (tertiary/aromatic N) is 3. The van der Waals surface area contributed by atoms with Crippen molar-refractivity contribution in [3.63, 3.8) is 0 Å². The third kappa shape index (κ3) is 4.05. The minimum Gasteiger partial charge on any atom is -0.360 e. The summed E-state index contributed by atoms with van der Waals surface area (Å²) in [5, 5.41) is 12.4. The molecule has 0 fully saturated rings. The normalized spacial score (nSPS) is 12.8. The predicted octanol–water partition coefficient (Wildman–Crippen LogP) is 4.92. The Bertz CT molecular complexity index is 925. The Labute approximate surface area is 173 Å². The van der Waals surface area contributed by atoms with Gasteiger partial charge in [0.05, 0.1) is 17.1 Å². The van der Waals surface area contributed by atoms with E-state index in [2.05, 4.69) is 34.6 Å². The van der Waals surface area contributed by atoms with Crippen molar-refractivity contribution in [1.29, 1.82) is 0 Å². The number of rotatable bonds is 6. The SMILES string of the molecule is CCCNc1nnc(SCC(=O)N2c3ccccc3CCc3ccccc32)s1. The fourth-order valence-corrected chi connectivity index (χ4v) is 4.93. The minimum atomic E-state index is 0.0602. The zero-order valence-corrected chi connectivity index (χ0v) is 17.4. The molecule has 0 saturated heterocycles. The van der Waals surface area contributed by atoms with Crippen LogP contribution in [0.3, 0.4) is 0 Å². The van der Waals surface area contributed by atoms with Crippen LogP contribution in [0.1, 0.15) is 24.5 Å². The number of benzene rings is 2. The van der Waals surface area contributed by atoms with Crippen LogP contribution in [-0.2, 0) is 17.6 Å². The van der Waals surface area contributed by atoms with Crippen molar-refractivity contribution in [3.8, 4) is 0 Å². The van der Waals surface area contributed by atoms with Gasteiger partial charge in [-0.05, 0) is 42.5 Å². The number of hydrogen-bond donors (Lipinski definition) is 1. The number of thioether (sulfide) groups is 1. The number of para-hydroxylation sites is 2.